The van der Waals surface area contributed by atoms with Crippen molar-refractivity contribution in [3.05, 3.63) is 0 Å². The van der Waals surface area contributed by atoms with Crippen LogP contribution in [-0.4, -0.2) is 30.4 Å². The topological polar surface area (TPSA) is 3.24 Å². The van der Waals surface area contributed by atoms with Crippen LogP contribution >= 0.6 is 11.6 Å². The Labute approximate surface area is 92.8 Å². The van der Waals surface area contributed by atoms with Crippen molar-refractivity contribution in [3.63, 3.8) is 0 Å². The Balaban J connectivity index is 1.87. The predicted molar refractivity (Wildman–Crippen MR) is 61.8 cm³/mol. The lowest BCUT2D eigenvalue weighted by Crippen LogP contribution is -2.33. The molecule has 1 aliphatic carbocycles. The number of alkyl halides is 1. The van der Waals surface area contributed by atoms with Gasteiger partial charge in [0.2, 0.25) is 0 Å². The van der Waals surface area contributed by atoms with E-state index in [-0.39, 0.29) is 0 Å². The van der Waals surface area contributed by atoms with Gasteiger partial charge in [0.15, 0.2) is 0 Å². The molecule has 0 N–H and O–H groups in total. The Morgan fingerprint density at radius 2 is 1.64 bits per heavy atom. The molecule has 2 heterocycles. The minimum Gasteiger partial charge on any atom is -0.302 e. The van der Waals surface area contributed by atoms with Crippen LogP contribution in [0.2, 0.25) is 0 Å². The van der Waals surface area contributed by atoms with Gasteiger partial charge in [-0.05, 0) is 43.4 Å². The molecule has 3 aliphatic rings. The zero-order chi connectivity index (χ0) is 9.97. The van der Waals surface area contributed by atoms with Crippen LogP contribution in [0.4, 0.5) is 0 Å². The van der Waals surface area contributed by atoms with Crippen LogP contribution in [0.25, 0.3) is 0 Å². The molecule has 1 atom stereocenters. The lowest BCUT2D eigenvalue weighted by molar-refractivity contribution is 0.227. The van der Waals surface area contributed by atoms with Crippen molar-refractivity contribution in [2.24, 2.45) is 17.8 Å². The van der Waals surface area contributed by atoms with Crippen molar-refractivity contribution in [2.45, 2.75) is 32.6 Å². The Morgan fingerprint density at radius 1 is 1.14 bits per heavy atom. The number of nitrogens with zero attached hydrogens (tertiary/aromatic N) is 1. The Kier molecular flexibility index (Phi) is 3.73. The first-order valence-electron chi connectivity index (χ1n) is 6.06. The third-order valence-electron chi connectivity index (χ3n) is 3.83. The standard InChI is InChI=1S/C12H22ClN/c1-10(6-13)7-14-8-11-2-3-12(9-14)5-4-11/h10-12H,2-9H2,1H3. The monoisotopic (exact) mass is 215 g/mol. The van der Waals surface area contributed by atoms with E-state index < -0.39 is 0 Å². The lowest BCUT2D eigenvalue weighted by Gasteiger charge is -2.24. The quantitative estimate of drug-likeness (QED) is 0.655. The summed E-state index contributed by atoms with van der Waals surface area (Å²) in [4.78, 5) is 2.67. The maximum atomic E-state index is 5.87. The first kappa shape index (κ1) is 10.8. The molecular formula is C12H22ClN. The van der Waals surface area contributed by atoms with E-state index in [4.69, 9.17) is 11.6 Å². The van der Waals surface area contributed by atoms with Gasteiger partial charge in [-0.2, -0.15) is 0 Å². The molecule has 1 saturated carbocycles. The second kappa shape index (κ2) is 4.85. The molecule has 0 spiro atoms. The highest BCUT2D eigenvalue weighted by Gasteiger charge is 2.29. The molecule has 0 aromatic carbocycles. The molecule has 2 heteroatoms. The van der Waals surface area contributed by atoms with Gasteiger partial charge in [-0.3, -0.25) is 0 Å². The molecule has 2 bridgehead atoms. The Bertz CT molecular complexity index is 161. The summed E-state index contributed by atoms with van der Waals surface area (Å²) in [5.41, 5.74) is 0. The molecule has 3 rings (SSSR count). The third kappa shape index (κ3) is 2.64. The van der Waals surface area contributed by atoms with Crippen LogP contribution in [0.15, 0.2) is 0 Å². The van der Waals surface area contributed by atoms with Crippen molar-refractivity contribution < 1.29 is 0 Å². The van der Waals surface area contributed by atoms with E-state index >= 15 is 0 Å². The van der Waals surface area contributed by atoms with Crippen LogP contribution in [0.3, 0.4) is 0 Å². The predicted octanol–water partition coefficient (Wildman–Crippen LogP) is 2.98. The molecule has 0 radical (unpaired) electrons. The number of rotatable bonds is 3. The van der Waals surface area contributed by atoms with Crippen LogP contribution < -0.4 is 0 Å². The summed E-state index contributed by atoms with van der Waals surface area (Å²) < 4.78 is 0. The average molecular weight is 216 g/mol. The third-order valence-corrected chi connectivity index (χ3v) is 4.36. The fourth-order valence-corrected chi connectivity index (χ4v) is 3.14. The van der Waals surface area contributed by atoms with Crippen molar-refractivity contribution in [2.75, 3.05) is 25.5 Å². The van der Waals surface area contributed by atoms with Crippen molar-refractivity contribution >= 4 is 11.6 Å². The first-order valence-corrected chi connectivity index (χ1v) is 6.59. The zero-order valence-corrected chi connectivity index (χ0v) is 9.97. The molecule has 0 amide bonds. The van der Waals surface area contributed by atoms with E-state index in [0.29, 0.717) is 5.92 Å². The summed E-state index contributed by atoms with van der Waals surface area (Å²) in [6.07, 6.45) is 5.93. The van der Waals surface area contributed by atoms with Gasteiger partial charge >= 0.3 is 0 Å². The van der Waals surface area contributed by atoms with Gasteiger partial charge in [0.25, 0.3) is 0 Å². The normalized spacial score (nSPS) is 35.6. The van der Waals surface area contributed by atoms with Gasteiger partial charge < -0.3 is 4.90 Å². The van der Waals surface area contributed by atoms with E-state index in [9.17, 15) is 0 Å². The van der Waals surface area contributed by atoms with Crippen molar-refractivity contribution in [1.29, 1.82) is 0 Å². The van der Waals surface area contributed by atoms with E-state index in [1.54, 1.807) is 0 Å². The van der Waals surface area contributed by atoms with E-state index in [1.165, 1.54) is 45.3 Å². The molecule has 2 saturated heterocycles. The Morgan fingerprint density at radius 3 is 2.07 bits per heavy atom. The van der Waals surface area contributed by atoms with E-state index in [0.717, 1.165) is 17.7 Å². The summed E-state index contributed by atoms with van der Waals surface area (Å²) in [5.74, 6) is 3.47. The minimum absolute atomic E-state index is 0.661. The highest BCUT2D eigenvalue weighted by molar-refractivity contribution is 6.18. The second-order valence-corrected chi connectivity index (χ2v) is 5.67. The van der Waals surface area contributed by atoms with Crippen molar-refractivity contribution in [3.8, 4) is 0 Å². The number of halogens is 1. The SMILES string of the molecule is CC(CCl)CN1CC2CCC(CC2)C1. The van der Waals surface area contributed by atoms with Crippen molar-refractivity contribution in [1.82, 2.24) is 4.90 Å². The fourth-order valence-electron chi connectivity index (χ4n) is 3.04. The maximum absolute atomic E-state index is 5.87. The van der Waals surface area contributed by atoms with Crippen LogP contribution in [0.1, 0.15) is 32.6 Å². The summed E-state index contributed by atoms with van der Waals surface area (Å²) in [5, 5.41) is 0. The summed E-state index contributed by atoms with van der Waals surface area (Å²) in [6.45, 7) is 6.17. The highest BCUT2D eigenvalue weighted by atomic mass is 35.5. The van der Waals surface area contributed by atoms with Gasteiger partial charge in [-0.15, -0.1) is 11.6 Å². The molecule has 82 valence electrons. The van der Waals surface area contributed by atoms with Gasteiger partial charge in [-0.25, -0.2) is 0 Å². The fraction of sp³-hybridized carbons (Fsp3) is 1.00. The highest BCUT2D eigenvalue weighted by Crippen LogP contribution is 2.33. The molecular weight excluding hydrogens is 194 g/mol. The van der Waals surface area contributed by atoms with E-state index in [2.05, 4.69) is 11.8 Å². The zero-order valence-electron chi connectivity index (χ0n) is 9.21. The van der Waals surface area contributed by atoms with Gasteiger partial charge in [0.05, 0.1) is 0 Å². The number of fused-ring (bicyclic) bond motifs is 4. The van der Waals surface area contributed by atoms with Crippen LogP contribution in [-0.2, 0) is 0 Å². The molecule has 1 unspecified atom stereocenters. The Hall–Kier alpha value is 0.250. The summed E-state index contributed by atoms with van der Waals surface area (Å²) >= 11 is 5.87. The van der Waals surface area contributed by atoms with Crippen LogP contribution in [0, 0.1) is 17.8 Å². The molecule has 3 fully saturated rings. The van der Waals surface area contributed by atoms with Gasteiger partial charge in [0, 0.05) is 25.5 Å². The second-order valence-electron chi connectivity index (χ2n) is 5.36. The molecule has 14 heavy (non-hydrogen) atoms. The van der Waals surface area contributed by atoms with Crippen LogP contribution in [0.5, 0.6) is 0 Å². The molecule has 2 aliphatic heterocycles. The maximum Gasteiger partial charge on any atom is 0.0261 e. The average Bonchev–Trinajstić information content (AvgIpc) is 2.49. The summed E-state index contributed by atoms with van der Waals surface area (Å²) in [6, 6.07) is 0. The molecule has 1 nitrogen and oxygen atoms in total. The largest absolute Gasteiger partial charge is 0.302 e. The molecule has 0 aromatic heterocycles. The minimum atomic E-state index is 0.661. The summed E-state index contributed by atoms with van der Waals surface area (Å²) in [7, 11) is 0. The smallest absolute Gasteiger partial charge is 0.0261 e. The lowest BCUT2D eigenvalue weighted by atomic mass is 9.84. The number of hydrogen-bond donors (Lipinski definition) is 0. The van der Waals surface area contributed by atoms with E-state index in [1.807, 2.05) is 0 Å². The van der Waals surface area contributed by atoms with Gasteiger partial charge in [0.1, 0.15) is 0 Å². The van der Waals surface area contributed by atoms with Gasteiger partial charge in [-0.1, -0.05) is 6.92 Å². The number of hydrogen-bond acceptors (Lipinski definition) is 1. The molecule has 0 aromatic rings. The first-order chi connectivity index (χ1) is 6.78.